The first-order valence-corrected chi connectivity index (χ1v) is 4.83. The number of anilines is 2. The van der Waals surface area contributed by atoms with E-state index in [4.69, 9.17) is 5.73 Å². The zero-order valence-electron chi connectivity index (χ0n) is 8.55. The zero-order chi connectivity index (χ0) is 11.4. The van der Waals surface area contributed by atoms with Gasteiger partial charge in [-0.15, -0.1) is 0 Å². The number of carbonyl (C=O) groups excluding carboxylic acids is 1. The van der Waals surface area contributed by atoms with Gasteiger partial charge in [-0.2, -0.15) is 0 Å². The number of rotatable bonds is 3. The summed E-state index contributed by atoms with van der Waals surface area (Å²) in [4.78, 5) is 14.8. The molecule has 0 aliphatic carbocycles. The van der Waals surface area contributed by atoms with Crippen molar-refractivity contribution in [3.63, 3.8) is 0 Å². The van der Waals surface area contributed by atoms with Gasteiger partial charge in [0.25, 0.3) is 5.91 Å². The van der Waals surface area contributed by atoms with Gasteiger partial charge in [0, 0.05) is 17.6 Å². The number of carbonyl (C=O) groups is 1. The minimum absolute atomic E-state index is 0.251. The third-order valence-electron chi connectivity index (χ3n) is 2.07. The smallest absolute Gasteiger partial charge is 0.267 e. The number of nitrogens with zero attached hydrogens (tertiary/aromatic N) is 1. The number of primary amides is 1. The standard InChI is InChI=1S/C12H11N3O/c13-12(16)11-8-10(6-7-14-11)15-9-4-2-1-3-5-9/h1-8H,(H2,13,16)(H,14,15). The van der Waals surface area contributed by atoms with Crippen LogP contribution in [0.4, 0.5) is 11.4 Å². The van der Waals surface area contributed by atoms with E-state index in [1.807, 2.05) is 30.3 Å². The maximum absolute atomic E-state index is 10.9. The van der Waals surface area contributed by atoms with E-state index in [2.05, 4.69) is 10.3 Å². The first-order valence-electron chi connectivity index (χ1n) is 4.83. The van der Waals surface area contributed by atoms with Crippen LogP contribution in [0, 0.1) is 0 Å². The maximum Gasteiger partial charge on any atom is 0.267 e. The molecule has 2 aromatic rings. The molecular formula is C12H11N3O. The lowest BCUT2D eigenvalue weighted by Gasteiger charge is -2.06. The van der Waals surface area contributed by atoms with Gasteiger partial charge in [0.05, 0.1) is 0 Å². The molecule has 0 radical (unpaired) electrons. The summed E-state index contributed by atoms with van der Waals surface area (Å²) in [5.74, 6) is -0.531. The normalized spacial score (nSPS) is 9.75. The predicted octanol–water partition coefficient (Wildman–Crippen LogP) is 1.92. The van der Waals surface area contributed by atoms with Crippen molar-refractivity contribution in [2.24, 2.45) is 5.73 Å². The van der Waals surface area contributed by atoms with E-state index in [-0.39, 0.29) is 5.69 Å². The molecule has 0 unspecified atom stereocenters. The highest BCUT2D eigenvalue weighted by molar-refractivity contribution is 5.91. The summed E-state index contributed by atoms with van der Waals surface area (Å²) in [5.41, 5.74) is 7.13. The minimum Gasteiger partial charge on any atom is -0.364 e. The fourth-order valence-corrected chi connectivity index (χ4v) is 1.33. The van der Waals surface area contributed by atoms with Crippen LogP contribution in [-0.4, -0.2) is 10.9 Å². The summed E-state index contributed by atoms with van der Waals surface area (Å²) in [6.45, 7) is 0. The molecule has 3 N–H and O–H groups in total. The van der Waals surface area contributed by atoms with Crippen molar-refractivity contribution in [1.29, 1.82) is 0 Å². The Kier molecular flexibility index (Phi) is 2.82. The molecule has 16 heavy (non-hydrogen) atoms. The molecule has 0 saturated carbocycles. The van der Waals surface area contributed by atoms with Crippen LogP contribution in [0.1, 0.15) is 10.5 Å². The monoisotopic (exact) mass is 213 g/mol. The van der Waals surface area contributed by atoms with Crippen molar-refractivity contribution in [2.75, 3.05) is 5.32 Å². The average molecular weight is 213 g/mol. The van der Waals surface area contributed by atoms with Gasteiger partial charge in [0.15, 0.2) is 0 Å². The Morgan fingerprint density at radius 1 is 1.12 bits per heavy atom. The Morgan fingerprint density at radius 2 is 1.88 bits per heavy atom. The highest BCUT2D eigenvalue weighted by atomic mass is 16.1. The third kappa shape index (κ3) is 2.36. The molecule has 1 aromatic carbocycles. The van der Waals surface area contributed by atoms with Gasteiger partial charge in [-0.1, -0.05) is 18.2 Å². The summed E-state index contributed by atoms with van der Waals surface area (Å²) in [7, 11) is 0. The van der Waals surface area contributed by atoms with Crippen LogP contribution in [-0.2, 0) is 0 Å². The molecule has 4 nitrogen and oxygen atoms in total. The molecule has 80 valence electrons. The van der Waals surface area contributed by atoms with Gasteiger partial charge < -0.3 is 11.1 Å². The summed E-state index contributed by atoms with van der Waals surface area (Å²) in [6.07, 6.45) is 1.55. The zero-order valence-corrected chi connectivity index (χ0v) is 8.55. The second-order valence-corrected chi connectivity index (χ2v) is 3.29. The number of amides is 1. The fraction of sp³-hybridized carbons (Fsp3) is 0. The number of nitrogens with two attached hydrogens (primary N) is 1. The van der Waals surface area contributed by atoms with E-state index in [0.29, 0.717) is 0 Å². The molecule has 1 aromatic heterocycles. The Hall–Kier alpha value is -2.36. The molecule has 1 amide bonds. The van der Waals surface area contributed by atoms with E-state index in [1.165, 1.54) is 0 Å². The summed E-state index contributed by atoms with van der Waals surface area (Å²) >= 11 is 0. The number of aromatic nitrogens is 1. The van der Waals surface area contributed by atoms with E-state index in [1.54, 1.807) is 18.3 Å². The molecule has 0 fully saturated rings. The van der Waals surface area contributed by atoms with Crippen molar-refractivity contribution in [3.05, 3.63) is 54.4 Å². The van der Waals surface area contributed by atoms with Gasteiger partial charge in [-0.3, -0.25) is 9.78 Å². The van der Waals surface area contributed by atoms with Gasteiger partial charge in [-0.05, 0) is 24.3 Å². The Morgan fingerprint density at radius 3 is 2.56 bits per heavy atom. The van der Waals surface area contributed by atoms with Crippen LogP contribution in [0.5, 0.6) is 0 Å². The SMILES string of the molecule is NC(=O)c1cc(Nc2ccccc2)ccn1. The fourth-order valence-electron chi connectivity index (χ4n) is 1.33. The van der Waals surface area contributed by atoms with Crippen molar-refractivity contribution < 1.29 is 4.79 Å². The molecule has 0 aliphatic rings. The summed E-state index contributed by atoms with van der Waals surface area (Å²) in [5, 5.41) is 3.15. The van der Waals surface area contributed by atoms with Crippen LogP contribution in [0.2, 0.25) is 0 Å². The van der Waals surface area contributed by atoms with Crippen LogP contribution < -0.4 is 11.1 Å². The van der Waals surface area contributed by atoms with Crippen molar-refractivity contribution in [3.8, 4) is 0 Å². The summed E-state index contributed by atoms with van der Waals surface area (Å²) in [6, 6.07) is 13.1. The van der Waals surface area contributed by atoms with E-state index in [0.717, 1.165) is 11.4 Å². The molecule has 0 aliphatic heterocycles. The molecule has 0 saturated heterocycles. The second kappa shape index (κ2) is 4.44. The number of para-hydroxylation sites is 1. The second-order valence-electron chi connectivity index (χ2n) is 3.29. The lowest BCUT2D eigenvalue weighted by molar-refractivity contribution is 0.0995. The van der Waals surface area contributed by atoms with Gasteiger partial charge in [0.2, 0.25) is 0 Å². The molecule has 4 heteroatoms. The summed E-state index contributed by atoms with van der Waals surface area (Å²) < 4.78 is 0. The predicted molar refractivity (Wildman–Crippen MR) is 62.5 cm³/mol. The Labute approximate surface area is 93.1 Å². The first-order chi connectivity index (χ1) is 7.75. The number of pyridine rings is 1. The Bertz CT molecular complexity index is 497. The van der Waals surface area contributed by atoms with E-state index in [9.17, 15) is 4.79 Å². The average Bonchev–Trinajstić information content (AvgIpc) is 2.30. The molecule has 0 bridgehead atoms. The highest BCUT2D eigenvalue weighted by Gasteiger charge is 2.02. The third-order valence-corrected chi connectivity index (χ3v) is 2.07. The number of benzene rings is 1. The van der Waals surface area contributed by atoms with E-state index < -0.39 is 5.91 Å². The Balaban J connectivity index is 2.22. The molecular weight excluding hydrogens is 202 g/mol. The van der Waals surface area contributed by atoms with E-state index >= 15 is 0 Å². The number of hydrogen-bond donors (Lipinski definition) is 2. The van der Waals surface area contributed by atoms with Crippen molar-refractivity contribution in [1.82, 2.24) is 4.98 Å². The molecule has 2 rings (SSSR count). The molecule has 0 atom stereocenters. The first kappa shape index (κ1) is 10.2. The van der Waals surface area contributed by atoms with Crippen LogP contribution in [0.3, 0.4) is 0 Å². The van der Waals surface area contributed by atoms with Crippen molar-refractivity contribution in [2.45, 2.75) is 0 Å². The topological polar surface area (TPSA) is 68.0 Å². The van der Waals surface area contributed by atoms with Crippen LogP contribution >= 0.6 is 0 Å². The largest absolute Gasteiger partial charge is 0.364 e. The number of hydrogen-bond acceptors (Lipinski definition) is 3. The lowest BCUT2D eigenvalue weighted by atomic mass is 10.2. The van der Waals surface area contributed by atoms with Gasteiger partial charge in [-0.25, -0.2) is 0 Å². The maximum atomic E-state index is 10.9. The van der Waals surface area contributed by atoms with Crippen LogP contribution in [0.15, 0.2) is 48.7 Å². The molecule has 0 spiro atoms. The molecule has 1 heterocycles. The van der Waals surface area contributed by atoms with Gasteiger partial charge in [0.1, 0.15) is 5.69 Å². The number of nitrogens with one attached hydrogen (secondary N) is 1. The quantitative estimate of drug-likeness (QED) is 0.818. The van der Waals surface area contributed by atoms with Gasteiger partial charge >= 0.3 is 0 Å². The minimum atomic E-state index is -0.531. The lowest BCUT2D eigenvalue weighted by Crippen LogP contribution is -2.12. The van der Waals surface area contributed by atoms with Crippen LogP contribution in [0.25, 0.3) is 0 Å². The van der Waals surface area contributed by atoms with Crippen molar-refractivity contribution >= 4 is 17.3 Å². The highest BCUT2D eigenvalue weighted by Crippen LogP contribution is 2.15.